The number of aryl methyl sites for hydroxylation is 2. The van der Waals surface area contributed by atoms with E-state index in [-0.39, 0.29) is 17.6 Å². The molecule has 0 amide bonds. The summed E-state index contributed by atoms with van der Waals surface area (Å²) in [6.45, 7) is 8.57. The van der Waals surface area contributed by atoms with Gasteiger partial charge >= 0.3 is 0 Å². The number of hydrogen-bond donors (Lipinski definition) is 1. The molecule has 0 bridgehead atoms. The minimum Gasteiger partial charge on any atom is -0.379 e. The first-order valence-electron chi connectivity index (χ1n) is 6.59. The number of hydrogen-bond acceptors (Lipinski definition) is 3. The Morgan fingerprint density at radius 2 is 2.06 bits per heavy atom. The lowest BCUT2D eigenvalue weighted by atomic mass is 9.83. The van der Waals surface area contributed by atoms with Crippen LogP contribution in [0.2, 0.25) is 0 Å². The van der Waals surface area contributed by atoms with Gasteiger partial charge in [0.2, 0.25) is 0 Å². The van der Waals surface area contributed by atoms with Crippen LogP contribution in [-0.4, -0.2) is 29.0 Å². The third-order valence-electron chi connectivity index (χ3n) is 3.33. The number of ether oxygens (including phenoxy) is 1. The van der Waals surface area contributed by atoms with E-state index in [1.807, 2.05) is 11.7 Å². The van der Waals surface area contributed by atoms with Crippen LogP contribution < -0.4 is 5.73 Å². The highest BCUT2D eigenvalue weighted by Crippen LogP contribution is 2.25. The van der Waals surface area contributed by atoms with E-state index in [9.17, 15) is 0 Å². The molecule has 4 nitrogen and oxygen atoms in total. The van der Waals surface area contributed by atoms with Crippen LogP contribution in [0.15, 0.2) is 6.07 Å². The van der Waals surface area contributed by atoms with Crippen molar-refractivity contribution in [2.24, 2.45) is 18.2 Å². The van der Waals surface area contributed by atoms with Crippen molar-refractivity contribution in [2.45, 2.75) is 52.7 Å². The number of nitrogens with zero attached hydrogens (tertiary/aromatic N) is 2. The highest BCUT2D eigenvalue weighted by atomic mass is 16.5. The number of methoxy groups -OCH3 is 1. The van der Waals surface area contributed by atoms with E-state index in [0.29, 0.717) is 0 Å². The van der Waals surface area contributed by atoms with E-state index >= 15 is 0 Å². The van der Waals surface area contributed by atoms with E-state index in [4.69, 9.17) is 10.5 Å². The lowest BCUT2D eigenvalue weighted by molar-refractivity contribution is -0.00200. The summed E-state index contributed by atoms with van der Waals surface area (Å²) in [7, 11) is 3.70. The van der Waals surface area contributed by atoms with Crippen LogP contribution in [0.4, 0.5) is 0 Å². The lowest BCUT2D eigenvalue weighted by Crippen LogP contribution is -2.46. The molecule has 2 unspecified atom stereocenters. The Balaban J connectivity index is 2.79. The van der Waals surface area contributed by atoms with E-state index in [0.717, 1.165) is 18.5 Å². The van der Waals surface area contributed by atoms with Crippen LogP contribution >= 0.6 is 0 Å². The Bertz CT molecular complexity index is 379. The molecule has 0 radical (unpaired) electrons. The van der Waals surface area contributed by atoms with E-state index < -0.39 is 0 Å². The van der Waals surface area contributed by atoms with Gasteiger partial charge in [0.25, 0.3) is 0 Å². The summed E-state index contributed by atoms with van der Waals surface area (Å²) in [5.41, 5.74) is 8.63. The first kappa shape index (κ1) is 15.2. The van der Waals surface area contributed by atoms with Crippen LogP contribution in [0.1, 0.15) is 39.1 Å². The van der Waals surface area contributed by atoms with Crippen molar-refractivity contribution >= 4 is 0 Å². The van der Waals surface area contributed by atoms with Gasteiger partial charge in [-0.2, -0.15) is 5.10 Å². The molecule has 2 atom stereocenters. The van der Waals surface area contributed by atoms with Crippen LogP contribution in [0.3, 0.4) is 0 Å². The summed E-state index contributed by atoms with van der Waals surface area (Å²) in [6.07, 6.45) is 1.78. The Kier molecular flexibility index (Phi) is 4.93. The zero-order valence-electron chi connectivity index (χ0n) is 12.5. The third kappa shape index (κ3) is 3.56. The quantitative estimate of drug-likeness (QED) is 0.872. The van der Waals surface area contributed by atoms with Crippen molar-refractivity contribution in [2.75, 3.05) is 7.11 Å². The Labute approximate surface area is 111 Å². The second-order valence-electron chi connectivity index (χ2n) is 5.99. The van der Waals surface area contributed by atoms with Crippen molar-refractivity contribution in [3.8, 4) is 0 Å². The molecule has 0 aliphatic carbocycles. The molecule has 104 valence electrons. The molecule has 1 rings (SSSR count). The minimum atomic E-state index is -0.0184. The molecule has 0 saturated carbocycles. The predicted molar refractivity (Wildman–Crippen MR) is 74.5 cm³/mol. The van der Waals surface area contributed by atoms with Gasteiger partial charge in [0.05, 0.1) is 11.8 Å². The summed E-state index contributed by atoms with van der Waals surface area (Å²) in [4.78, 5) is 0. The molecule has 1 aromatic rings. The SMILES string of the molecule is CCc1cc(CC(N)C(OC)C(C)(C)C)n(C)n1. The van der Waals surface area contributed by atoms with Crippen LogP contribution in [0.25, 0.3) is 0 Å². The highest BCUT2D eigenvalue weighted by molar-refractivity contribution is 5.12. The molecule has 2 N–H and O–H groups in total. The first-order valence-corrected chi connectivity index (χ1v) is 6.59. The molecule has 1 heterocycles. The third-order valence-corrected chi connectivity index (χ3v) is 3.33. The fourth-order valence-corrected chi connectivity index (χ4v) is 2.45. The second-order valence-corrected chi connectivity index (χ2v) is 5.99. The zero-order valence-corrected chi connectivity index (χ0v) is 12.5. The largest absolute Gasteiger partial charge is 0.379 e. The van der Waals surface area contributed by atoms with Gasteiger partial charge in [-0.05, 0) is 17.9 Å². The smallest absolute Gasteiger partial charge is 0.0774 e. The summed E-state index contributed by atoms with van der Waals surface area (Å²) in [6, 6.07) is 2.12. The molecule has 0 aliphatic rings. The van der Waals surface area contributed by atoms with Crippen molar-refractivity contribution < 1.29 is 4.74 Å². The van der Waals surface area contributed by atoms with Gasteiger partial charge in [-0.1, -0.05) is 27.7 Å². The monoisotopic (exact) mass is 253 g/mol. The first-order chi connectivity index (χ1) is 8.29. The van der Waals surface area contributed by atoms with Gasteiger partial charge in [-0.15, -0.1) is 0 Å². The minimum absolute atomic E-state index is 0.0184. The molecule has 0 aliphatic heterocycles. The summed E-state index contributed by atoms with van der Waals surface area (Å²) >= 11 is 0. The average Bonchev–Trinajstić information content (AvgIpc) is 2.58. The fourth-order valence-electron chi connectivity index (χ4n) is 2.45. The van der Waals surface area contributed by atoms with Crippen LogP contribution in [0.5, 0.6) is 0 Å². The standard InChI is InChI=1S/C14H27N3O/c1-7-10-8-11(17(5)16-10)9-12(15)13(18-6)14(2,3)4/h8,12-13H,7,9,15H2,1-6H3. The van der Waals surface area contributed by atoms with Gasteiger partial charge < -0.3 is 10.5 Å². The fraction of sp³-hybridized carbons (Fsp3) is 0.786. The summed E-state index contributed by atoms with van der Waals surface area (Å²) < 4.78 is 7.49. The number of rotatable bonds is 5. The topological polar surface area (TPSA) is 53.1 Å². The van der Waals surface area contributed by atoms with Gasteiger partial charge in [-0.3, -0.25) is 4.68 Å². The number of nitrogens with two attached hydrogens (primary N) is 1. The zero-order chi connectivity index (χ0) is 13.9. The highest BCUT2D eigenvalue weighted by Gasteiger charge is 2.30. The Morgan fingerprint density at radius 3 is 2.44 bits per heavy atom. The van der Waals surface area contributed by atoms with E-state index in [1.54, 1.807) is 7.11 Å². The maximum Gasteiger partial charge on any atom is 0.0774 e. The van der Waals surface area contributed by atoms with Crippen molar-refractivity contribution in [1.29, 1.82) is 0 Å². The maximum atomic E-state index is 6.30. The molecular weight excluding hydrogens is 226 g/mol. The molecule has 1 aromatic heterocycles. The van der Waals surface area contributed by atoms with Gasteiger partial charge in [0, 0.05) is 32.3 Å². The van der Waals surface area contributed by atoms with Crippen molar-refractivity contribution in [3.63, 3.8) is 0 Å². The molecule has 4 heteroatoms. The summed E-state index contributed by atoms with van der Waals surface area (Å²) in [5, 5.41) is 4.45. The van der Waals surface area contributed by atoms with E-state index in [2.05, 4.69) is 38.9 Å². The Hall–Kier alpha value is -0.870. The van der Waals surface area contributed by atoms with Crippen molar-refractivity contribution in [1.82, 2.24) is 9.78 Å². The summed E-state index contributed by atoms with van der Waals surface area (Å²) in [5.74, 6) is 0. The molecular formula is C14H27N3O. The molecule has 0 aromatic carbocycles. The van der Waals surface area contributed by atoms with Crippen LogP contribution in [0, 0.1) is 5.41 Å². The molecule has 0 fully saturated rings. The van der Waals surface area contributed by atoms with Gasteiger partial charge in [0.1, 0.15) is 0 Å². The maximum absolute atomic E-state index is 6.30. The normalized spacial score (nSPS) is 15.7. The lowest BCUT2D eigenvalue weighted by Gasteiger charge is -2.34. The molecule has 0 spiro atoms. The average molecular weight is 253 g/mol. The molecule has 0 saturated heterocycles. The molecule has 18 heavy (non-hydrogen) atoms. The Morgan fingerprint density at radius 1 is 1.44 bits per heavy atom. The van der Waals surface area contributed by atoms with Crippen LogP contribution in [-0.2, 0) is 24.6 Å². The van der Waals surface area contributed by atoms with E-state index in [1.165, 1.54) is 5.69 Å². The predicted octanol–water partition coefficient (Wildman–Crippen LogP) is 1.91. The van der Waals surface area contributed by atoms with Gasteiger partial charge in [-0.25, -0.2) is 0 Å². The van der Waals surface area contributed by atoms with Gasteiger partial charge in [0.15, 0.2) is 0 Å². The number of aromatic nitrogens is 2. The second kappa shape index (κ2) is 5.85. The van der Waals surface area contributed by atoms with Crippen molar-refractivity contribution in [3.05, 3.63) is 17.5 Å².